The molecule has 1 aromatic heterocycles. The van der Waals surface area contributed by atoms with Crippen molar-refractivity contribution in [2.45, 2.75) is 25.6 Å². The van der Waals surface area contributed by atoms with Crippen LogP contribution in [0.3, 0.4) is 0 Å². The Morgan fingerprint density at radius 1 is 1.12 bits per heavy atom. The Bertz CT molecular complexity index is 842. The Morgan fingerprint density at radius 3 is 2.31 bits per heavy atom. The standard InChI is InChI=1S/C16H12F3N3O4/c17-16(18,19)12-3-1-10(2-4-12)8-21-9-11(7-20-21)15(25)26-22-13(23)5-6-14(22)24/h1-4,7,9H,5-6,8H2. The monoisotopic (exact) mass is 367 g/mol. The lowest BCUT2D eigenvalue weighted by molar-refractivity contribution is -0.172. The zero-order valence-corrected chi connectivity index (χ0v) is 13.2. The molecule has 10 heteroatoms. The number of imide groups is 1. The van der Waals surface area contributed by atoms with Gasteiger partial charge in [-0.3, -0.25) is 14.3 Å². The highest BCUT2D eigenvalue weighted by Gasteiger charge is 2.33. The molecule has 0 radical (unpaired) electrons. The minimum Gasteiger partial charge on any atom is -0.325 e. The first kappa shape index (κ1) is 17.6. The first-order chi connectivity index (χ1) is 12.2. The third-order valence-corrected chi connectivity index (χ3v) is 3.67. The van der Waals surface area contributed by atoms with Gasteiger partial charge in [0, 0.05) is 19.0 Å². The number of carbonyl (C=O) groups is 3. The fourth-order valence-electron chi connectivity index (χ4n) is 2.34. The lowest BCUT2D eigenvalue weighted by Crippen LogP contribution is -2.31. The molecule has 0 bridgehead atoms. The summed E-state index contributed by atoms with van der Waals surface area (Å²) in [6.07, 6.45) is -1.95. The van der Waals surface area contributed by atoms with Crippen LogP contribution in [-0.2, 0) is 27.1 Å². The van der Waals surface area contributed by atoms with Gasteiger partial charge in [-0.2, -0.15) is 18.3 Å². The molecule has 0 atom stereocenters. The van der Waals surface area contributed by atoms with Crippen molar-refractivity contribution in [1.82, 2.24) is 14.8 Å². The first-order valence-corrected chi connectivity index (χ1v) is 7.51. The van der Waals surface area contributed by atoms with Crippen molar-refractivity contribution >= 4 is 17.8 Å². The predicted molar refractivity (Wildman–Crippen MR) is 79.3 cm³/mol. The highest BCUT2D eigenvalue weighted by Crippen LogP contribution is 2.29. The number of rotatable bonds is 4. The molecule has 1 aliphatic heterocycles. The van der Waals surface area contributed by atoms with Crippen LogP contribution in [0.2, 0.25) is 0 Å². The van der Waals surface area contributed by atoms with Crippen LogP contribution in [0.25, 0.3) is 0 Å². The van der Waals surface area contributed by atoms with E-state index in [-0.39, 0.29) is 24.9 Å². The van der Waals surface area contributed by atoms with Gasteiger partial charge < -0.3 is 4.84 Å². The SMILES string of the molecule is O=C(ON1C(=O)CCC1=O)c1cnn(Cc2ccc(C(F)(F)F)cc2)c1. The van der Waals surface area contributed by atoms with E-state index in [9.17, 15) is 27.6 Å². The molecule has 0 saturated carbocycles. The molecule has 0 spiro atoms. The lowest BCUT2D eigenvalue weighted by Gasteiger charge is -2.11. The Hall–Kier alpha value is -3.17. The van der Waals surface area contributed by atoms with Gasteiger partial charge in [0.1, 0.15) is 0 Å². The van der Waals surface area contributed by atoms with Gasteiger partial charge in [-0.15, -0.1) is 5.06 Å². The van der Waals surface area contributed by atoms with Gasteiger partial charge in [0.15, 0.2) is 0 Å². The number of benzene rings is 1. The van der Waals surface area contributed by atoms with Crippen LogP contribution < -0.4 is 0 Å². The number of halogens is 3. The third kappa shape index (κ3) is 3.73. The Balaban J connectivity index is 1.65. The fourth-order valence-corrected chi connectivity index (χ4v) is 2.34. The van der Waals surface area contributed by atoms with Gasteiger partial charge in [-0.05, 0) is 17.7 Å². The quantitative estimate of drug-likeness (QED) is 0.774. The molecule has 1 aliphatic rings. The fraction of sp³-hybridized carbons (Fsp3) is 0.250. The van der Waals surface area contributed by atoms with Gasteiger partial charge in [-0.1, -0.05) is 12.1 Å². The number of hydrogen-bond acceptors (Lipinski definition) is 5. The summed E-state index contributed by atoms with van der Waals surface area (Å²) < 4.78 is 38.9. The zero-order valence-electron chi connectivity index (χ0n) is 13.2. The maximum Gasteiger partial charge on any atom is 0.416 e. The van der Waals surface area contributed by atoms with E-state index in [0.29, 0.717) is 10.6 Å². The molecule has 2 aromatic rings. The molecule has 0 aliphatic carbocycles. The summed E-state index contributed by atoms with van der Waals surface area (Å²) in [6.45, 7) is 0.132. The van der Waals surface area contributed by atoms with Crippen LogP contribution in [0, 0.1) is 0 Å². The van der Waals surface area contributed by atoms with E-state index >= 15 is 0 Å². The molecule has 1 saturated heterocycles. The third-order valence-electron chi connectivity index (χ3n) is 3.67. The van der Waals surface area contributed by atoms with Gasteiger partial charge >= 0.3 is 12.1 Å². The molecule has 1 fully saturated rings. The van der Waals surface area contributed by atoms with Gasteiger partial charge in [-0.25, -0.2) is 4.79 Å². The summed E-state index contributed by atoms with van der Waals surface area (Å²) in [6, 6.07) is 4.53. The number of aromatic nitrogens is 2. The topological polar surface area (TPSA) is 81.5 Å². The molecular weight excluding hydrogens is 355 g/mol. The van der Waals surface area contributed by atoms with Crippen LogP contribution in [0.5, 0.6) is 0 Å². The maximum absolute atomic E-state index is 12.5. The summed E-state index contributed by atoms with van der Waals surface area (Å²) >= 11 is 0. The summed E-state index contributed by atoms with van der Waals surface area (Å²) in [5, 5.41) is 4.35. The highest BCUT2D eigenvalue weighted by molar-refractivity contribution is 6.02. The second-order valence-electron chi connectivity index (χ2n) is 5.58. The minimum atomic E-state index is -4.41. The van der Waals surface area contributed by atoms with Crippen molar-refractivity contribution < 1.29 is 32.4 Å². The van der Waals surface area contributed by atoms with E-state index in [4.69, 9.17) is 4.84 Å². The number of hydrogen-bond donors (Lipinski definition) is 0. The first-order valence-electron chi connectivity index (χ1n) is 7.51. The van der Waals surface area contributed by atoms with Crippen molar-refractivity contribution in [3.05, 3.63) is 53.3 Å². The highest BCUT2D eigenvalue weighted by atomic mass is 19.4. The van der Waals surface area contributed by atoms with E-state index < -0.39 is 29.5 Å². The maximum atomic E-state index is 12.5. The molecule has 136 valence electrons. The van der Waals surface area contributed by atoms with Crippen LogP contribution in [0.1, 0.15) is 34.3 Å². The minimum absolute atomic E-state index is 0.00408. The van der Waals surface area contributed by atoms with Crippen molar-refractivity contribution in [3.8, 4) is 0 Å². The number of hydroxylamine groups is 2. The summed E-state index contributed by atoms with van der Waals surface area (Å²) in [7, 11) is 0. The van der Waals surface area contributed by atoms with E-state index in [2.05, 4.69) is 5.10 Å². The summed E-state index contributed by atoms with van der Waals surface area (Å²) in [5.74, 6) is -2.12. The van der Waals surface area contributed by atoms with Gasteiger partial charge in [0.2, 0.25) is 0 Å². The van der Waals surface area contributed by atoms with E-state index in [0.717, 1.165) is 12.1 Å². The van der Waals surface area contributed by atoms with Crippen molar-refractivity contribution in [2.24, 2.45) is 0 Å². The average molecular weight is 367 g/mol. The van der Waals surface area contributed by atoms with E-state index in [1.165, 1.54) is 29.2 Å². The van der Waals surface area contributed by atoms with Crippen LogP contribution >= 0.6 is 0 Å². The van der Waals surface area contributed by atoms with Crippen LogP contribution in [0.4, 0.5) is 13.2 Å². The molecule has 0 unspecified atom stereocenters. The Morgan fingerprint density at radius 2 is 1.73 bits per heavy atom. The number of carbonyl (C=O) groups excluding carboxylic acids is 3. The normalized spacial score (nSPS) is 14.8. The van der Waals surface area contributed by atoms with E-state index in [1.54, 1.807) is 0 Å². The van der Waals surface area contributed by atoms with E-state index in [1.807, 2.05) is 0 Å². The largest absolute Gasteiger partial charge is 0.416 e. The summed E-state index contributed by atoms with van der Waals surface area (Å²) in [5.41, 5.74) is -0.207. The zero-order chi connectivity index (χ0) is 18.9. The molecule has 2 amide bonds. The van der Waals surface area contributed by atoms with Crippen molar-refractivity contribution in [3.63, 3.8) is 0 Å². The predicted octanol–water partition coefficient (Wildman–Crippen LogP) is 2.17. The smallest absolute Gasteiger partial charge is 0.325 e. The second kappa shape index (κ2) is 6.62. The molecule has 7 nitrogen and oxygen atoms in total. The van der Waals surface area contributed by atoms with Gasteiger partial charge in [0.25, 0.3) is 11.8 Å². The molecular formula is C16H12F3N3O4. The molecule has 3 rings (SSSR count). The second-order valence-corrected chi connectivity index (χ2v) is 5.58. The molecule has 1 aromatic carbocycles. The molecule has 0 N–H and O–H groups in total. The Labute approximate surface area is 144 Å². The molecule has 26 heavy (non-hydrogen) atoms. The van der Waals surface area contributed by atoms with Crippen molar-refractivity contribution in [2.75, 3.05) is 0 Å². The van der Waals surface area contributed by atoms with Crippen LogP contribution in [0.15, 0.2) is 36.7 Å². The Kier molecular flexibility index (Phi) is 4.49. The number of alkyl halides is 3. The molecule has 2 heterocycles. The number of nitrogens with zero attached hydrogens (tertiary/aromatic N) is 3. The average Bonchev–Trinajstić information content (AvgIpc) is 3.16. The van der Waals surface area contributed by atoms with Gasteiger partial charge in [0.05, 0.1) is 23.9 Å². The van der Waals surface area contributed by atoms with Crippen LogP contribution in [-0.4, -0.2) is 32.6 Å². The number of amides is 2. The van der Waals surface area contributed by atoms with Crippen molar-refractivity contribution in [1.29, 1.82) is 0 Å². The summed E-state index contributed by atoms with van der Waals surface area (Å²) in [4.78, 5) is 39.6. The lowest BCUT2D eigenvalue weighted by atomic mass is 10.1.